The monoisotopic (exact) mass is 487 g/mol. The molecule has 2 aliphatic rings. The van der Waals surface area contributed by atoms with Gasteiger partial charge in [0.25, 0.3) is 0 Å². The van der Waals surface area contributed by atoms with Crippen molar-refractivity contribution in [2.45, 2.75) is 57.6 Å². The number of ether oxygens (including phenoxy) is 3. The van der Waals surface area contributed by atoms with Crippen LogP contribution in [0, 0.1) is 11.3 Å². The normalized spacial score (nSPS) is 24.9. The summed E-state index contributed by atoms with van der Waals surface area (Å²) in [5.41, 5.74) is 2.27. The van der Waals surface area contributed by atoms with E-state index in [1.807, 2.05) is 69.3 Å². The maximum atomic E-state index is 9.88. The smallest absolute Gasteiger partial charge is 0.185 e. The first kappa shape index (κ1) is 24.2. The number of nitrogens with zero attached hydrogens (tertiary/aromatic N) is 5. The van der Waals surface area contributed by atoms with E-state index in [2.05, 4.69) is 28.1 Å². The first-order valence-corrected chi connectivity index (χ1v) is 11.9. The molecule has 2 saturated heterocycles. The van der Waals surface area contributed by atoms with Crippen LogP contribution in [0.4, 0.5) is 11.5 Å². The van der Waals surface area contributed by atoms with Crippen LogP contribution in [0.2, 0.25) is 0 Å². The number of fused-ring (bicyclic) bond motifs is 1. The third-order valence-electron chi connectivity index (χ3n) is 6.36. The molecule has 0 unspecified atom stereocenters. The molecule has 0 bridgehead atoms. The number of aromatic nitrogens is 2. The van der Waals surface area contributed by atoms with Gasteiger partial charge < -0.3 is 24.2 Å². The van der Waals surface area contributed by atoms with E-state index in [-0.39, 0.29) is 12.3 Å². The molecule has 9 heteroatoms. The summed E-state index contributed by atoms with van der Waals surface area (Å²) >= 11 is 0. The highest BCUT2D eigenvalue weighted by atomic mass is 16.8. The first-order chi connectivity index (χ1) is 17.4. The minimum atomic E-state index is -0.817. The Morgan fingerprint density at radius 2 is 1.78 bits per heavy atom. The van der Waals surface area contributed by atoms with Gasteiger partial charge in [0.05, 0.1) is 6.61 Å². The van der Waals surface area contributed by atoms with E-state index >= 15 is 0 Å². The van der Waals surface area contributed by atoms with Gasteiger partial charge in [0.1, 0.15) is 36.5 Å². The van der Waals surface area contributed by atoms with E-state index in [1.54, 1.807) is 4.57 Å². The van der Waals surface area contributed by atoms with E-state index in [9.17, 15) is 10.4 Å². The third-order valence-corrected chi connectivity index (χ3v) is 6.36. The lowest BCUT2D eigenvalue weighted by Crippen LogP contribution is -2.31. The van der Waals surface area contributed by atoms with Gasteiger partial charge in [-0.05, 0) is 38.5 Å². The predicted molar refractivity (Wildman–Crippen MR) is 134 cm³/mol. The maximum Gasteiger partial charge on any atom is 0.185 e. The Morgan fingerprint density at radius 3 is 2.44 bits per heavy atom. The van der Waals surface area contributed by atoms with Crippen molar-refractivity contribution in [2.24, 2.45) is 4.99 Å². The fraction of sp³-hybridized carbons (Fsp3) is 0.370. The summed E-state index contributed by atoms with van der Waals surface area (Å²) in [5, 5.41) is 19.7. The van der Waals surface area contributed by atoms with E-state index in [0.29, 0.717) is 18.2 Å². The number of aliphatic imine (C=N–C) groups is 1. The largest absolute Gasteiger partial charge is 0.394 e. The van der Waals surface area contributed by atoms with Crippen LogP contribution in [-0.2, 0) is 20.8 Å². The van der Waals surface area contributed by atoms with E-state index in [4.69, 9.17) is 19.2 Å². The Hall–Kier alpha value is -3.55. The number of para-hydroxylation sites is 1. The molecule has 3 aromatic rings. The number of benzene rings is 2. The fourth-order valence-electron chi connectivity index (χ4n) is 4.74. The molecular formula is C27H29N5O4. The van der Waals surface area contributed by atoms with Crippen LogP contribution in [-0.4, -0.2) is 51.2 Å². The van der Waals surface area contributed by atoms with Crippen molar-refractivity contribution in [3.63, 3.8) is 0 Å². The molecule has 0 aliphatic carbocycles. The topological polar surface area (TPSA) is 105 Å². The Kier molecular flexibility index (Phi) is 6.60. The lowest BCUT2D eigenvalue weighted by atomic mass is 10.1. The van der Waals surface area contributed by atoms with Gasteiger partial charge in [-0.3, -0.25) is 4.57 Å². The Bertz CT molecular complexity index is 1270. The highest BCUT2D eigenvalue weighted by molar-refractivity contribution is 5.97. The number of hydrogen-bond acceptors (Lipinski definition) is 7. The van der Waals surface area contributed by atoms with Crippen molar-refractivity contribution in [1.29, 1.82) is 5.26 Å². The van der Waals surface area contributed by atoms with Crippen molar-refractivity contribution in [1.82, 2.24) is 9.55 Å². The van der Waals surface area contributed by atoms with Crippen LogP contribution in [0.3, 0.4) is 0 Å². The third kappa shape index (κ3) is 4.64. The second kappa shape index (κ2) is 9.84. The summed E-state index contributed by atoms with van der Waals surface area (Å²) < 4.78 is 19.9. The van der Waals surface area contributed by atoms with Crippen LogP contribution < -0.4 is 4.90 Å². The average molecular weight is 488 g/mol. The van der Waals surface area contributed by atoms with Crippen molar-refractivity contribution in [2.75, 3.05) is 11.5 Å². The van der Waals surface area contributed by atoms with Crippen LogP contribution in [0.15, 0.2) is 72.0 Å². The second-order valence-electron chi connectivity index (χ2n) is 9.31. The zero-order valence-corrected chi connectivity index (χ0v) is 20.5. The van der Waals surface area contributed by atoms with Crippen LogP contribution >= 0.6 is 0 Å². The highest BCUT2D eigenvalue weighted by Gasteiger charge is 2.56. The standard InChI is InChI=1S/C27H29N5O4/c1-18(31(20-12-8-5-9-13-20)15-19-10-6-4-7-11-19)30-25-21(14-28)29-17-32(25)26-24-23(22(16-33)34-26)35-27(2,3)36-24/h4-13,17,22-24,26,33H,15-16H2,1-3H3/b30-18+/t22-,23-,24-,26-/m1/s1. The molecule has 0 radical (unpaired) electrons. The molecule has 2 fully saturated rings. The summed E-state index contributed by atoms with van der Waals surface area (Å²) in [4.78, 5) is 11.3. The lowest BCUT2D eigenvalue weighted by molar-refractivity contribution is -0.199. The summed E-state index contributed by atoms with van der Waals surface area (Å²) in [6, 6.07) is 22.2. The molecule has 2 aliphatic heterocycles. The van der Waals surface area contributed by atoms with Crippen molar-refractivity contribution in [3.05, 3.63) is 78.2 Å². The van der Waals surface area contributed by atoms with Crippen LogP contribution in [0.1, 0.15) is 38.3 Å². The molecule has 0 amide bonds. The molecule has 186 valence electrons. The number of imidazole rings is 1. The zero-order valence-electron chi connectivity index (χ0n) is 20.5. The van der Waals surface area contributed by atoms with Crippen LogP contribution in [0.25, 0.3) is 0 Å². The van der Waals surface area contributed by atoms with Crippen molar-refractivity contribution in [3.8, 4) is 6.07 Å². The van der Waals surface area contributed by atoms with Gasteiger partial charge in [0.15, 0.2) is 23.5 Å². The molecule has 36 heavy (non-hydrogen) atoms. The molecule has 5 rings (SSSR count). The van der Waals surface area contributed by atoms with Crippen molar-refractivity contribution < 1.29 is 19.3 Å². The van der Waals surface area contributed by atoms with E-state index < -0.39 is 30.3 Å². The Balaban J connectivity index is 1.53. The number of amidine groups is 1. The number of anilines is 1. The average Bonchev–Trinajstić information content (AvgIpc) is 3.53. The number of rotatable bonds is 6. The molecule has 9 nitrogen and oxygen atoms in total. The van der Waals surface area contributed by atoms with Gasteiger partial charge in [0, 0.05) is 12.2 Å². The Morgan fingerprint density at radius 1 is 1.11 bits per heavy atom. The summed E-state index contributed by atoms with van der Waals surface area (Å²) in [6.07, 6.45) is -0.618. The molecule has 1 aromatic heterocycles. The molecule has 0 saturated carbocycles. The summed E-state index contributed by atoms with van der Waals surface area (Å²) in [5.74, 6) is 0.225. The van der Waals surface area contributed by atoms with Crippen molar-refractivity contribution >= 4 is 17.3 Å². The maximum absolute atomic E-state index is 9.88. The molecule has 1 N–H and O–H groups in total. The van der Waals surface area contributed by atoms with Gasteiger partial charge in [-0.2, -0.15) is 5.26 Å². The number of hydrogen-bond donors (Lipinski definition) is 1. The van der Waals surface area contributed by atoms with E-state index in [0.717, 1.165) is 11.3 Å². The van der Waals surface area contributed by atoms with Gasteiger partial charge in [-0.1, -0.05) is 48.5 Å². The van der Waals surface area contributed by atoms with Gasteiger partial charge in [-0.25, -0.2) is 9.98 Å². The molecule has 3 heterocycles. The van der Waals surface area contributed by atoms with Crippen LogP contribution in [0.5, 0.6) is 0 Å². The highest BCUT2D eigenvalue weighted by Crippen LogP contribution is 2.44. The fourth-order valence-corrected chi connectivity index (χ4v) is 4.74. The molecule has 0 spiro atoms. The van der Waals surface area contributed by atoms with Gasteiger partial charge in [-0.15, -0.1) is 0 Å². The second-order valence-corrected chi connectivity index (χ2v) is 9.31. The summed E-state index contributed by atoms with van der Waals surface area (Å²) in [6.45, 7) is 5.94. The first-order valence-electron chi connectivity index (χ1n) is 11.9. The molecule has 4 atom stereocenters. The predicted octanol–water partition coefficient (Wildman–Crippen LogP) is 3.92. The zero-order chi connectivity index (χ0) is 25.3. The van der Waals surface area contributed by atoms with E-state index in [1.165, 1.54) is 6.33 Å². The minimum absolute atomic E-state index is 0.174. The number of aliphatic hydroxyl groups is 1. The SMILES string of the molecule is C/C(=N\c1c(C#N)ncn1[C@@H]1O[C@H](CO)[C@H]2OC(C)(C)O[C@H]21)N(Cc1ccccc1)c1ccccc1. The van der Waals surface area contributed by atoms with Gasteiger partial charge >= 0.3 is 0 Å². The lowest BCUT2D eigenvalue weighted by Gasteiger charge is -2.26. The quantitative estimate of drug-likeness (QED) is 0.415. The number of aliphatic hydroxyl groups excluding tert-OH is 1. The molecular weight excluding hydrogens is 458 g/mol. The summed E-state index contributed by atoms with van der Waals surface area (Å²) in [7, 11) is 0. The molecule has 2 aromatic carbocycles. The van der Waals surface area contributed by atoms with Gasteiger partial charge in [0.2, 0.25) is 0 Å². The Labute approximate surface area is 210 Å². The minimum Gasteiger partial charge on any atom is -0.394 e. The number of nitriles is 1.